The highest BCUT2D eigenvalue weighted by Gasteiger charge is 2.29. The van der Waals surface area contributed by atoms with E-state index in [1.165, 1.54) is 0 Å². The average Bonchev–Trinajstić information content (AvgIpc) is 2.83. The van der Waals surface area contributed by atoms with Crippen molar-refractivity contribution in [1.29, 1.82) is 0 Å². The minimum Gasteiger partial charge on any atom is -0.352 e. The Balaban J connectivity index is 1.95. The van der Waals surface area contributed by atoms with E-state index in [9.17, 15) is 18.0 Å². The Morgan fingerprint density at radius 2 is 1.73 bits per heavy atom. The second-order valence-corrected chi connectivity index (χ2v) is 7.64. The fourth-order valence-electron chi connectivity index (χ4n) is 2.29. The molecule has 6 nitrogen and oxygen atoms in total. The second kappa shape index (κ2) is 6.91. The third-order valence-electron chi connectivity index (χ3n) is 3.51. The van der Waals surface area contributed by atoms with Gasteiger partial charge in [-0.05, 0) is 37.1 Å². The first kappa shape index (κ1) is 16.5. The summed E-state index contributed by atoms with van der Waals surface area (Å²) >= 11 is 0. The summed E-state index contributed by atoms with van der Waals surface area (Å²) in [6, 6.07) is 5.99. The molecule has 22 heavy (non-hydrogen) atoms. The molecule has 0 bridgehead atoms. The molecule has 2 amide bonds. The van der Waals surface area contributed by atoms with E-state index in [0.717, 1.165) is 6.42 Å². The third kappa shape index (κ3) is 4.30. The summed E-state index contributed by atoms with van der Waals surface area (Å²) in [6.45, 7) is 2.58. The maximum Gasteiger partial charge on any atom is 0.251 e. The molecule has 1 aliphatic heterocycles. The molecule has 1 unspecified atom stereocenters. The lowest BCUT2D eigenvalue weighted by Crippen LogP contribution is -2.35. The number of rotatable bonds is 5. The smallest absolute Gasteiger partial charge is 0.251 e. The topological polar surface area (TPSA) is 92.3 Å². The van der Waals surface area contributed by atoms with E-state index >= 15 is 0 Å². The molecule has 1 fully saturated rings. The molecule has 0 aromatic heterocycles. The maximum absolute atomic E-state index is 12.1. The molecule has 1 atom stereocenters. The van der Waals surface area contributed by atoms with Crippen LogP contribution < -0.4 is 10.6 Å². The van der Waals surface area contributed by atoms with Crippen molar-refractivity contribution in [3.63, 3.8) is 0 Å². The van der Waals surface area contributed by atoms with Gasteiger partial charge in [0.2, 0.25) is 0 Å². The van der Waals surface area contributed by atoms with E-state index in [2.05, 4.69) is 10.6 Å². The van der Waals surface area contributed by atoms with E-state index in [-0.39, 0.29) is 29.4 Å². The summed E-state index contributed by atoms with van der Waals surface area (Å²) in [6.07, 6.45) is 1.31. The Kier molecular flexibility index (Phi) is 5.18. The highest BCUT2D eigenvalue weighted by atomic mass is 32.2. The summed E-state index contributed by atoms with van der Waals surface area (Å²) in [4.78, 5) is 23.8. The summed E-state index contributed by atoms with van der Waals surface area (Å²) in [7, 11) is -3.02. The van der Waals surface area contributed by atoms with E-state index in [4.69, 9.17) is 0 Å². The first-order chi connectivity index (χ1) is 10.4. The molecule has 0 aliphatic carbocycles. The normalized spacial score (nSPS) is 19.6. The van der Waals surface area contributed by atoms with Crippen molar-refractivity contribution in [2.24, 2.45) is 0 Å². The largest absolute Gasteiger partial charge is 0.352 e. The van der Waals surface area contributed by atoms with Crippen LogP contribution in [0.2, 0.25) is 0 Å². The first-order valence-corrected chi connectivity index (χ1v) is 9.13. The highest BCUT2D eigenvalue weighted by molar-refractivity contribution is 7.91. The number of carbonyl (C=O) groups is 2. The van der Waals surface area contributed by atoms with Gasteiger partial charge < -0.3 is 10.6 Å². The second-order valence-electron chi connectivity index (χ2n) is 5.41. The zero-order valence-electron chi connectivity index (χ0n) is 12.5. The van der Waals surface area contributed by atoms with Crippen LogP contribution in [0.15, 0.2) is 24.3 Å². The number of benzene rings is 1. The number of carbonyl (C=O) groups excluding carboxylic acids is 2. The van der Waals surface area contributed by atoms with Crippen molar-refractivity contribution < 1.29 is 18.0 Å². The quantitative estimate of drug-likeness (QED) is 0.836. The molecule has 120 valence electrons. The lowest BCUT2D eigenvalue weighted by Gasteiger charge is -2.11. The molecule has 1 aromatic carbocycles. The predicted octanol–water partition coefficient (Wildman–Crippen LogP) is 0.743. The number of nitrogens with one attached hydrogen (secondary N) is 2. The minimum absolute atomic E-state index is 0.00372. The van der Waals surface area contributed by atoms with Gasteiger partial charge in [-0.2, -0.15) is 0 Å². The Morgan fingerprint density at radius 3 is 2.23 bits per heavy atom. The Hall–Kier alpha value is -1.89. The van der Waals surface area contributed by atoms with Gasteiger partial charge in [-0.25, -0.2) is 8.42 Å². The minimum atomic E-state index is -3.02. The van der Waals surface area contributed by atoms with Crippen molar-refractivity contribution in [2.75, 3.05) is 18.1 Å². The monoisotopic (exact) mass is 324 g/mol. The van der Waals surface area contributed by atoms with E-state index in [1.807, 2.05) is 6.92 Å². The fourth-order valence-corrected chi connectivity index (χ4v) is 3.96. The Labute approximate surface area is 130 Å². The summed E-state index contributed by atoms with van der Waals surface area (Å²) in [5, 5.41) is 5.47. The first-order valence-electron chi connectivity index (χ1n) is 7.31. The molecule has 0 spiro atoms. The SMILES string of the molecule is CCCNC(=O)c1ccc(C(=O)NC2CCS(=O)(=O)C2)cc1. The highest BCUT2D eigenvalue weighted by Crippen LogP contribution is 2.12. The molecule has 2 N–H and O–H groups in total. The van der Waals surface area contributed by atoms with Crippen LogP contribution in [0.3, 0.4) is 0 Å². The summed E-state index contributed by atoms with van der Waals surface area (Å²) < 4.78 is 22.7. The van der Waals surface area contributed by atoms with Crippen LogP contribution in [-0.4, -0.2) is 44.3 Å². The molecule has 1 heterocycles. The zero-order valence-corrected chi connectivity index (χ0v) is 13.3. The molecule has 1 aliphatic rings. The zero-order chi connectivity index (χ0) is 16.2. The molecular weight excluding hydrogens is 304 g/mol. The Morgan fingerprint density at radius 1 is 1.14 bits per heavy atom. The van der Waals surface area contributed by atoms with Gasteiger partial charge >= 0.3 is 0 Å². The predicted molar refractivity (Wildman–Crippen MR) is 83.6 cm³/mol. The molecule has 1 saturated heterocycles. The van der Waals surface area contributed by atoms with Crippen molar-refractivity contribution in [3.05, 3.63) is 35.4 Å². The van der Waals surface area contributed by atoms with E-state index < -0.39 is 9.84 Å². The molecular formula is C15H20N2O4S. The van der Waals surface area contributed by atoms with Crippen molar-refractivity contribution in [2.45, 2.75) is 25.8 Å². The van der Waals surface area contributed by atoms with Gasteiger partial charge in [0.05, 0.1) is 11.5 Å². The number of sulfone groups is 1. The number of hydrogen-bond donors (Lipinski definition) is 2. The van der Waals surface area contributed by atoms with Crippen molar-refractivity contribution in [3.8, 4) is 0 Å². The third-order valence-corrected chi connectivity index (χ3v) is 5.28. The molecule has 7 heteroatoms. The molecule has 0 saturated carbocycles. The van der Waals surface area contributed by atoms with E-state index in [0.29, 0.717) is 24.1 Å². The molecule has 2 rings (SSSR count). The van der Waals surface area contributed by atoms with E-state index in [1.54, 1.807) is 24.3 Å². The van der Waals surface area contributed by atoms with Crippen LogP contribution in [0.5, 0.6) is 0 Å². The number of amides is 2. The standard InChI is InChI=1S/C15H20N2O4S/c1-2-8-16-14(18)11-3-5-12(6-4-11)15(19)17-13-7-9-22(20,21)10-13/h3-6,13H,2,7-10H2,1H3,(H,16,18)(H,17,19). The average molecular weight is 324 g/mol. The fraction of sp³-hybridized carbons (Fsp3) is 0.467. The van der Waals surface area contributed by atoms with Crippen LogP contribution >= 0.6 is 0 Å². The van der Waals surface area contributed by atoms with Gasteiger partial charge in [-0.15, -0.1) is 0 Å². The summed E-state index contributed by atoms with van der Waals surface area (Å²) in [5.74, 6) is -0.372. The van der Waals surface area contributed by atoms with Gasteiger partial charge in [0, 0.05) is 23.7 Å². The van der Waals surface area contributed by atoms with Gasteiger partial charge in [0.1, 0.15) is 0 Å². The van der Waals surface area contributed by atoms with Crippen LogP contribution in [0.1, 0.15) is 40.5 Å². The van der Waals surface area contributed by atoms with Crippen LogP contribution in [0.25, 0.3) is 0 Å². The van der Waals surface area contributed by atoms with Crippen LogP contribution in [0.4, 0.5) is 0 Å². The lowest BCUT2D eigenvalue weighted by atomic mass is 10.1. The Bertz CT molecular complexity index is 653. The molecule has 0 radical (unpaired) electrons. The van der Waals surface area contributed by atoms with Crippen molar-refractivity contribution in [1.82, 2.24) is 10.6 Å². The van der Waals surface area contributed by atoms with Gasteiger partial charge in [0.15, 0.2) is 9.84 Å². The van der Waals surface area contributed by atoms with Crippen LogP contribution in [-0.2, 0) is 9.84 Å². The van der Waals surface area contributed by atoms with Gasteiger partial charge in [-0.1, -0.05) is 6.92 Å². The van der Waals surface area contributed by atoms with Crippen molar-refractivity contribution >= 4 is 21.7 Å². The lowest BCUT2D eigenvalue weighted by molar-refractivity contribution is 0.0933. The van der Waals surface area contributed by atoms with Crippen LogP contribution in [0, 0.1) is 0 Å². The number of hydrogen-bond acceptors (Lipinski definition) is 4. The maximum atomic E-state index is 12.1. The molecule has 1 aromatic rings. The van der Waals surface area contributed by atoms with Gasteiger partial charge in [0.25, 0.3) is 11.8 Å². The summed E-state index contributed by atoms with van der Waals surface area (Å²) in [5.41, 5.74) is 0.907. The van der Waals surface area contributed by atoms with Gasteiger partial charge in [-0.3, -0.25) is 9.59 Å².